The zero-order valence-electron chi connectivity index (χ0n) is 35.8. The Balaban J connectivity index is 2.74. The van der Waals surface area contributed by atoms with E-state index in [1.165, 1.54) is 0 Å². The fraction of sp³-hybridized carbons (Fsp3) is 0.824. The summed E-state index contributed by atoms with van der Waals surface area (Å²) in [5.74, 6) is -1.85. The maximum Gasteiger partial charge on any atom is 0.564 e. The van der Waals surface area contributed by atoms with Crippen LogP contribution in [0.1, 0.15) is 95.5 Å². The topological polar surface area (TPSA) is 195 Å². The number of aromatic nitrogens is 2. The first kappa shape index (κ1) is 51.2. The molecule has 0 saturated heterocycles. The van der Waals surface area contributed by atoms with Gasteiger partial charge in [-0.3, -0.25) is 4.57 Å². The van der Waals surface area contributed by atoms with Gasteiger partial charge in [-0.05, 0) is 89.5 Å². The Morgan fingerprint density at radius 3 is 1.41 bits per heavy atom. The molecular weight excluding hydrogens is 794 g/mol. The first-order valence-electron chi connectivity index (χ1n) is 20.1. The molecule has 2 unspecified atom stereocenters. The lowest BCUT2D eigenvalue weighted by Gasteiger charge is -2.40. The number of phosphoric acid groups is 3. The van der Waals surface area contributed by atoms with Crippen LogP contribution >= 0.6 is 24.5 Å². The van der Waals surface area contributed by atoms with E-state index in [2.05, 4.69) is 4.98 Å². The molecule has 56 heavy (non-hydrogen) atoms. The SMILES string of the molecule is CC[N+](CC)(CC)O[P+]([O-])(OC[C@@H]1C=C[C@H](n2cc(F)c(N)nc2=O)C1)O[P+]([O-])(O[N+](CC)(CC)CC)O[P+]([O-])(O[N+](CC)(CC)CC)O[N+](CC)(CC)CC. The summed E-state index contributed by atoms with van der Waals surface area (Å²) in [6.45, 7) is 25.6. The van der Waals surface area contributed by atoms with Crippen molar-refractivity contribution in [3.63, 3.8) is 0 Å². The Kier molecular flexibility index (Phi) is 19.7. The van der Waals surface area contributed by atoms with Crippen molar-refractivity contribution in [1.29, 1.82) is 0 Å². The van der Waals surface area contributed by atoms with Crippen LogP contribution in [0.15, 0.2) is 23.1 Å². The van der Waals surface area contributed by atoms with Crippen LogP contribution in [-0.4, -0.2) is 113 Å². The van der Waals surface area contributed by atoms with Gasteiger partial charge in [0.2, 0.25) is 0 Å². The minimum Gasteiger partial charge on any atom is -0.598 e. The van der Waals surface area contributed by atoms with Gasteiger partial charge in [-0.1, -0.05) is 12.2 Å². The van der Waals surface area contributed by atoms with Gasteiger partial charge in [-0.2, -0.15) is 9.51 Å². The number of allylic oxidation sites excluding steroid dienone is 1. The molecule has 0 fully saturated rings. The highest BCUT2D eigenvalue weighted by Gasteiger charge is 2.71. The van der Waals surface area contributed by atoms with E-state index in [1.54, 1.807) is 32.9 Å². The van der Waals surface area contributed by atoms with Crippen LogP contribution in [0.2, 0.25) is 0 Å². The van der Waals surface area contributed by atoms with E-state index in [1.807, 2.05) is 62.3 Å². The summed E-state index contributed by atoms with van der Waals surface area (Å²) in [5, 5.41) is 0. The van der Waals surface area contributed by atoms with E-state index in [-0.39, 0.29) is 51.2 Å². The summed E-state index contributed by atoms with van der Waals surface area (Å²) >= 11 is 0. The second kappa shape index (κ2) is 21.6. The summed E-state index contributed by atoms with van der Waals surface area (Å²) in [6, 6.07) is -0.616. The smallest absolute Gasteiger partial charge is 0.564 e. The van der Waals surface area contributed by atoms with Crippen LogP contribution in [0.3, 0.4) is 0 Å². The zero-order valence-corrected chi connectivity index (χ0v) is 38.4. The van der Waals surface area contributed by atoms with E-state index in [0.717, 1.165) is 10.8 Å². The van der Waals surface area contributed by atoms with Crippen molar-refractivity contribution < 1.29 is 69.3 Å². The van der Waals surface area contributed by atoms with E-state index < -0.39 is 53.8 Å². The lowest BCUT2D eigenvalue weighted by molar-refractivity contribution is -1.11. The van der Waals surface area contributed by atoms with Gasteiger partial charge in [0.25, 0.3) is 0 Å². The lowest BCUT2D eigenvalue weighted by atomic mass is 10.1. The molecule has 326 valence electrons. The zero-order chi connectivity index (χ0) is 42.6. The van der Waals surface area contributed by atoms with Crippen molar-refractivity contribution in [1.82, 2.24) is 9.55 Å². The molecular formula is C34H71FN7O11P3+4. The molecule has 0 amide bonds. The Bertz CT molecular complexity index is 1400. The number of nitrogens with zero attached hydrogens (tertiary/aromatic N) is 6. The van der Waals surface area contributed by atoms with Crippen LogP contribution in [0.25, 0.3) is 0 Å². The number of hydroxylamine groups is 12. The Hall–Kier alpha value is -0.920. The summed E-state index contributed by atoms with van der Waals surface area (Å²) in [4.78, 5) is 61.9. The van der Waals surface area contributed by atoms with Gasteiger partial charge in [0.05, 0.1) is 6.04 Å². The Labute approximate surface area is 335 Å². The van der Waals surface area contributed by atoms with Crippen LogP contribution in [0, 0.1) is 11.7 Å². The number of nitrogens with two attached hydrogens (primary N) is 1. The number of halogens is 1. The molecule has 2 rings (SSSR count). The Morgan fingerprint density at radius 2 is 1.02 bits per heavy atom. The van der Waals surface area contributed by atoms with Crippen molar-refractivity contribution in [3.8, 4) is 0 Å². The molecule has 0 radical (unpaired) electrons. The predicted molar refractivity (Wildman–Crippen MR) is 210 cm³/mol. The van der Waals surface area contributed by atoms with Crippen LogP contribution < -0.4 is 26.1 Å². The average Bonchev–Trinajstić information content (AvgIpc) is 3.67. The van der Waals surface area contributed by atoms with Gasteiger partial charge in [-0.15, -0.1) is 18.6 Å². The first-order valence-corrected chi connectivity index (χ1v) is 24.5. The largest absolute Gasteiger partial charge is 0.598 e. The molecule has 1 aliphatic rings. The van der Waals surface area contributed by atoms with E-state index in [9.17, 15) is 9.18 Å². The summed E-state index contributed by atoms with van der Waals surface area (Å²) in [5.41, 5.74) is 4.73. The molecule has 0 saturated carbocycles. The number of nitrogen functional groups attached to an aromatic ring is 1. The van der Waals surface area contributed by atoms with Crippen molar-refractivity contribution in [2.24, 2.45) is 5.92 Å². The van der Waals surface area contributed by atoms with E-state index in [0.29, 0.717) is 58.9 Å². The third-order valence-electron chi connectivity index (χ3n) is 11.3. The van der Waals surface area contributed by atoms with Crippen molar-refractivity contribution >= 4 is 30.3 Å². The van der Waals surface area contributed by atoms with Gasteiger partial charge >= 0.3 is 30.2 Å². The van der Waals surface area contributed by atoms with Gasteiger partial charge in [0.15, 0.2) is 11.6 Å². The predicted octanol–water partition coefficient (Wildman–Crippen LogP) is 4.48. The Morgan fingerprint density at radius 1 is 0.661 bits per heavy atom. The molecule has 0 bridgehead atoms. The summed E-state index contributed by atoms with van der Waals surface area (Å²) in [7, 11) is -15.3. The summed E-state index contributed by atoms with van der Waals surface area (Å²) in [6.07, 6.45) is 4.58. The molecule has 1 aliphatic carbocycles. The minimum atomic E-state index is -5.33. The number of quaternary nitrogens is 4. The fourth-order valence-electron chi connectivity index (χ4n) is 6.59. The second-order valence-electron chi connectivity index (χ2n) is 13.8. The van der Waals surface area contributed by atoms with E-state index in [4.69, 9.17) is 37.4 Å². The van der Waals surface area contributed by atoms with Gasteiger partial charge in [-0.25, -0.2) is 9.18 Å². The maximum atomic E-state index is 15.4. The lowest BCUT2D eigenvalue weighted by Crippen LogP contribution is -2.54. The molecule has 1 heterocycles. The fourth-order valence-corrected chi connectivity index (χ4v) is 13.3. The standard InChI is InChI=1S/C34H70FN7O11P3/c1-13-39(14-2,15-3)48-54(44,47-29-30-25-26-31(27-30)38-28-32(35)33(36)37-34(38)43)52-56(46,51-42(22-10,23-11)24-12)53-55(45,49-40(16-4,17-5)18-6)50-41(19-7,20-8)21-9/h25-26,28,30-31H,13-24,27,29H2,1-12H3,(H-,36,37,43)/q+3/p+1/t30-,31+,54?,56?/m1/s1. The monoisotopic (exact) mass is 865 g/mol. The molecule has 0 spiro atoms. The van der Waals surface area contributed by atoms with Crippen LogP contribution in [0.4, 0.5) is 10.2 Å². The average molecular weight is 866 g/mol. The van der Waals surface area contributed by atoms with Gasteiger partial charge < -0.3 is 20.4 Å². The highest BCUT2D eigenvalue weighted by atomic mass is 31.3. The second-order valence-corrected chi connectivity index (χ2v) is 18.7. The highest BCUT2D eigenvalue weighted by molar-refractivity contribution is 7.73. The maximum absolute atomic E-state index is 15.4. The van der Waals surface area contributed by atoms with Crippen molar-refractivity contribution in [2.45, 2.75) is 95.5 Å². The molecule has 1 aromatic rings. The molecule has 0 aromatic carbocycles. The third-order valence-corrected chi connectivity index (χ3v) is 17.1. The molecule has 0 aliphatic heterocycles. The van der Waals surface area contributed by atoms with Crippen LogP contribution in [-0.2, 0) is 31.6 Å². The number of hydrogen-bond acceptors (Lipinski definition) is 13. The minimum absolute atomic E-state index is 0.193. The summed E-state index contributed by atoms with van der Waals surface area (Å²) < 4.78 is 57.5. The van der Waals surface area contributed by atoms with Crippen molar-refractivity contribution in [3.05, 3.63) is 34.7 Å². The highest BCUT2D eigenvalue weighted by Crippen LogP contribution is 2.79. The van der Waals surface area contributed by atoms with Crippen molar-refractivity contribution in [2.75, 3.05) is 90.9 Å². The molecule has 4 atom stereocenters. The van der Waals surface area contributed by atoms with Gasteiger partial charge in [0, 0.05) is 39.2 Å². The molecule has 1 aromatic heterocycles. The number of anilines is 1. The quantitative estimate of drug-likeness (QED) is 0.0537. The number of rotatable bonds is 28. The third kappa shape index (κ3) is 12.8. The molecule has 22 heteroatoms. The van der Waals surface area contributed by atoms with Gasteiger partial charge in [0.1, 0.15) is 85.1 Å². The molecule has 18 nitrogen and oxygen atoms in total. The normalized spacial score (nSPS) is 19.4. The number of hydrogen-bond donors (Lipinski definition) is 1. The first-order chi connectivity index (χ1) is 26.2. The van der Waals surface area contributed by atoms with Crippen LogP contribution in [0.5, 0.6) is 0 Å². The molecule has 2 N–H and O–H groups in total. The van der Waals surface area contributed by atoms with E-state index >= 15 is 14.7 Å².